The van der Waals surface area contributed by atoms with Crippen LogP contribution in [0.25, 0.3) is 0 Å². The fraction of sp³-hybridized carbons (Fsp3) is 0.316. The maximum absolute atomic E-state index is 12.4. The smallest absolute Gasteiger partial charge is 0.224 e. The third-order valence-corrected chi connectivity index (χ3v) is 4.43. The number of rotatable bonds is 3. The Labute approximate surface area is 143 Å². The minimum Gasteiger partial charge on any atom is -0.399 e. The van der Waals surface area contributed by atoms with Gasteiger partial charge in [-0.2, -0.15) is 0 Å². The van der Waals surface area contributed by atoms with Crippen LogP contribution in [0.3, 0.4) is 0 Å². The van der Waals surface area contributed by atoms with Crippen LogP contribution in [0, 0.1) is 6.92 Å². The van der Waals surface area contributed by atoms with Crippen LogP contribution in [0.4, 0.5) is 5.69 Å². The Morgan fingerprint density at radius 1 is 1.26 bits per heavy atom. The van der Waals surface area contributed by atoms with Crippen molar-refractivity contribution in [2.45, 2.75) is 38.6 Å². The van der Waals surface area contributed by atoms with E-state index in [1.165, 1.54) is 11.1 Å². The Morgan fingerprint density at radius 2 is 2.04 bits per heavy atom. The van der Waals surface area contributed by atoms with E-state index in [4.69, 9.17) is 5.73 Å². The van der Waals surface area contributed by atoms with Crippen molar-refractivity contribution in [3.05, 3.63) is 64.7 Å². The third kappa shape index (κ3) is 4.05. The first-order valence-corrected chi connectivity index (χ1v) is 7.85. The lowest BCUT2D eigenvalue weighted by Gasteiger charge is -2.26. The van der Waals surface area contributed by atoms with Gasteiger partial charge >= 0.3 is 0 Å². The van der Waals surface area contributed by atoms with E-state index in [0.29, 0.717) is 6.42 Å². The number of benzene rings is 2. The predicted molar refractivity (Wildman–Crippen MR) is 96.8 cm³/mol. The molecule has 1 amide bonds. The van der Waals surface area contributed by atoms with E-state index in [0.717, 1.165) is 36.1 Å². The Balaban J connectivity index is 0.00000192. The van der Waals surface area contributed by atoms with Gasteiger partial charge in [-0.3, -0.25) is 4.79 Å². The molecule has 0 radical (unpaired) electrons. The van der Waals surface area contributed by atoms with Gasteiger partial charge in [-0.15, -0.1) is 12.4 Å². The number of anilines is 1. The van der Waals surface area contributed by atoms with E-state index < -0.39 is 0 Å². The second kappa shape index (κ2) is 7.51. The van der Waals surface area contributed by atoms with Gasteiger partial charge in [0.1, 0.15) is 0 Å². The molecule has 0 aliphatic heterocycles. The Morgan fingerprint density at radius 3 is 2.83 bits per heavy atom. The lowest BCUT2D eigenvalue weighted by atomic mass is 9.87. The molecule has 1 atom stereocenters. The summed E-state index contributed by atoms with van der Waals surface area (Å²) in [6.07, 6.45) is 3.57. The van der Waals surface area contributed by atoms with Crippen molar-refractivity contribution in [2.75, 3.05) is 5.73 Å². The molecule has 1 aliphatic rings. The first-order valence-electron chi connectivity index (χ1n) is 7.85. The standard InChI is InChI=1S/C19H22N2O.ClH/c1-13-5-2-3-6-14(13)12-19(22)21-18-8-4-7-15-11-16(20)9-10-17(15)18;/h2-3,5-6,9-11,18H,4,7-8,12,20H2,1H3,(H,21,22);1H. The molecule has 3 nitrogen and oxygen atoms in total. The zero-order valence-electron chi connectivity index (χ0n) is 13.3. The molecule has 0 saturated carbocycles. The topological polar surface area (TPSA) is 55.1 Å². The van der Waals surface area contributed by atoms with E-state index in [2.05, 4.69) is 11.4 Å². The molecule has 1 aliphatic carbocycles. The second-order valence-corrected chi connectivity index (χ2v) is 6.07. The van der Waals surface area contributed by atoms with Crippen LogP contribution in [0.2, 0.25) is 0 Å². The first kappa shape index (κ1) is 17.4. The number of hydrogen-bond donors (Lipinski definition) is 2. The molecule has 23 heavy (non-hydrogen) atoms. The lowest BCUT2D eigenvalue weighted by molar-refractivity contribution is -0.121. The average molecular weight is 331 g/mol. The van der Waals surface area contributed by atoms with Crippen LogP contribution in [0.5, 0.6) is 0 Å². The highest BCUT2D eigenvalue weighted by Gasteiger charge is 2.22. The maximum atomic E-state index is 12.4. The number of nitrogen functional groups attached to an aromatic ring is 1. The predicted octanol–water partition coefficient (Wildman–Crippen LogP) is 3.74. The van der Waals surface area contributed by atoms with Crippen molar-refractivity contribution >= 4 is 24.0 Å². The first-order chi connectivity index (χ1) is 10.6. The molecule has 0 bridgehead atoms. The normalized spacial score (nSPS) is 16.1. The van der Waals surface area contributed by atoms with Crippen LogP contribution in [0.1, 0.15) is 41.1 Å². The highest BCUT2D eigenvalue weighted by Crippen LogP contribution is 2.31. The molecule has 4 heteroatoms. The molecule has 3 rings (SSSR count). The minimum absolute atomic E-state index is 0. The molecule has 2 aromatic carbocycles. The van der Waals surface area contributed by atoms with Crippen molar-refractivity contribution in [3.8, 4) is 0 Å². The van der Waals surface area contributed by atoms with Crippen molar-refractivity contribution in [2.24, 2.45) is 0 Å². The summed E-state index contributed by atoms with van der Waals surface area (Å²) in [6, 6.07) is 14.2. The molecule has 0 saturated heterocycles. The summed E-state index contributed by atoms with van der Waals surface area (Å²) in [5.41, 5.74) is 11.4. The molecule has 0 spiro atoms. The molecule has 3 N–H and O–H groups in total. The van der Waals surface area contributed by atoms with Crippen LogP contribution < -0.4 is 11.1 Å². The zero-order valence-corrected chi connectivity index (χ0v) is 14.2. The van der Waals surface area contributed by atoms with Gasteiger partial charge in [0.05, 0.1) is 12.5 Å². The number of nitrogens with two attached hydrogens (primary N) is 1. The van der Waals surface area contributed by atoms with E-state index in [1.807, 2.05) is 43.3 Å². The van der Waals surface area contributed by atoms with Crippen LogP contribution in [-0.2, 0) is 17.6 Å². The summed E-state index contributed by atoms with van der Waals surface area (Å²) in [7, 11) is 0. The Hall–Kier alpha value is -2.00. The average Bonchev–Trinajstić information content (AvgIpc) is 2.49. The number of amides is 1. The van der Waals surface area contributed by atoms with Gasteiger partial charge in [-0.25, -0.2) is 0 Å². The minimum atomic E-state index is 0. The second-order valence-electron chi connectivity index (χ2n) is 6.07. The fourth-order valence-electron chi connectivity index (χ4n) is 3.21. The van der Waals surface area contributed by atoms with Gasteiger partial charge in [-0.1, -0.05) is 30.3 Å². The van der Waals surface area contributed by atoms with E-state index in [-0.39, 0.29) is 24.4 Å². The van der Waals surface area contributed by atoms with Gasteiger partial charge < -0.3 is 11.1 Å². The Bertz CT molecular complexity index is 700. The molecule has 0 heterocycles. The van der Waals surface area contributed by atoms with Gasteiger partial charge in [0.15, 0.2) is 0 Å². The van der Waals surface area contributed by atoms with Crippen LogP contribution >= 0.6 is 12.4 Å². The van der Waals surface area contributed by atoms with Crippen LogP contribution in [-0.4, -0.2) is 5.91 Å². The number of nitrogens with one attached hydrogen (secondary N) is 1. The lowest BCUT2D eigenvalue weighted by Crippen LogP contribution is -2.32. The number of carbonyl (C=O) groups is 1. The SMILES string of the molecule is Cc1ccccc1CC(=O)NC1CCCc2cc(N)ccc21.Cl. The van der Waals surface area contributed by atoms with E-state index in [9.17, 15) is 4.79 Å². The summed E-state index contributed by atoms with van der Waals surface area (Å²) in [4.78, 5) is 12.4. The van der Waals surface area contributed by atoms with Gasteiger partial charge in [0.25, 0.3) is 0 Å². The molecule has 0 aromatic heterocycles. The Kier molecular flexibility index (Phi) is 5.67. The van der Waals surface area contributed by atoms with Crippen molar-refractivity contribution in [3.63, 3.8) is 0 Å². The molecule has 0 fully saturated rings. The maximum Gasteiger partial charge on any atom is 0.224 e. The summed E-state index contributed by atoms with van der Waals surface area (Å²) in [5, 5.41) is 3.19. The summed E-state index contributed by atoms with van der Waals surface area (Å²) < 4.78 is 0. The van der Waals surface area contributed by atoms with E-state index >= 15 is 0 Å². The highest BCUT2D eigenvalue weighted by atomic mass is 35.5. The summed E-state index contributed by atoms with van der Waals surface area (Å²) >= 11 is 0. The molecular weight excluding hydrogens is 308 g/mol. The molecule has 1 unspecified atom stereocenters. The summed E-state index contributed by atoms with van der Waals surface area (Å²) in [5.74, 6) is 0.0870. The molecule has 2 aromatic rings. The summed E-state index contributed by atoms with van der Waals surface area (Å²) in [6.45, 7) is 2.04. The van der Waals surface area contributed by atoms with Gasteiger partial charge in [0, 0.05) is 5.69 Å². The highest BCUT2D eigenvalue weighted by molar-refractivity contribution is 5.85. The van der Waals surface area contributed by atoms with Gasteiger partial charge in [-0.05, 0) is 60.6 Å². The van der Waals surface area contributed by atoms with E-state index in [1.54, 1.807) is 0 Å². The number of carbonyl (C=O) groups excluding carboxylic acids is 1. The van der Waals surface area contributed by atoms with Gasteiger partial charge in [0.2, 0.25) is 5.91 Å². The fourth-order valence-corrected chi connectivity index (χ4v) is 3.21. The monoisotopic (exact) mass is 330 g/mol. The zero-order chi connectivity index (χ0) is 15.5. The third-order valence-electron chi connectivity index (χ3n) is 4.43. The molecule has 122 valence electrons. The number of halogens is 1. The number of aryl methyl sites for hydroxylation is 2. The van der Waals surface area contributed by atoms with Crippen molar-refractivity contribution < 1.29 is 4.79 Å². The largest absolute Gasteiger partial charge is 0.399 e. The van der Waals surface area contributed by atoms with Crippen molar-refractivity contribution in [1.82, 2.24) is 5.32 Å². The quantitative estimate of drug-likeness (QED) is 0.842. The molecular formula is C19H23ClN2O. The number of fused-ring (bicyclic) bond motifs is 1. The number of hydrogen-bond acceptors (Lipinski definition) is 2. The van der Waals surface area contributed by atoms with Crippen molar-refractivity contribution in [1.29, 1.82) is 0 Å². The van der Waals surface area contributed by atoms with Crippen LogP contribution in [0.15, 0.2) is 42.5 Å².